The molecule has 0 aliphatic carbocycles. The van der Waals surface area contributed by atoms with Crippen molar-refractivity contribution in [1.29, 1.82) is 0 Å². The Bertz CT molecular complexity index is 1080. The summed E-state index contributed by atoms with van der Waals surface area (Å²) in [6, 6.07) is 8.55. The minimum Gasteiger partial charge on any atom is -0.352 e. The van der Waals surface area contributed by atoms with Crippen molar-refractivity contribution in [2.45, 2.75) is 6.18 Å². The molecule has 4 rings (SSSR count). The number of nitrogens with zero attached hydrogens (tertiary/aromatic N) is 1. The fourth-order valence-electron chi connectivity index (χ4n) is 2.67. The molecule has 0 bridgehead atoms. The number of aromatic nitrogens is 2. The molecule has 7 heteroatoms. The van der Waals surface area contributed by atoms with Crippen molar-refractivity contribution in [2.24, 2.45) is 0 Å². The molecule has 0 aliphatic heterocycles. The Morgan fingerprint density at radius 1 is 0.957 bits per heavy atom. The lowest BCUT2D eigenvalue weighted by Gasteiger charge is -2.06. The fourth-order valence-corrected chi connectivity index (χ4v) is 3.13. The predicted molar refractivity (Wildman–Crippen MR) is 86.1 cm³/mol. The number of hydrogen-bond acceptors (Lipinski definition) is 1. The predicted octanol–water partition coefficient (Wildman–Crippen LogP) is 6.19. The lowest BCUT2D eigenvalue weighted by atomic mass is 10.1. The summed E-state index contributed by atoms with van der Waals surface area (Å²) in [5, 5.41) is 1.95. The molecule has 1 N–H and O–H groups in total. The Hall–Kier alpha value is -1.98. The minimum atomic E-state index is -4.41. The van der Waals surface area contributed by atoms with E-state index in [1.165, 1.54) is 6.07 Å². The Kier molecular flexibility index (Phi) is 3.02. The van der Waals surface area contributed by atoms with Gasteiger partial charge in [0, 0.05) is 21.3 Å². The summed E-state index contributed by atoms with van der Waals surface area (Å²) in [6.45, 7) is 0. The summed E-state index contributed by atoms with van der Waals surface area (Å²) in [6.07, 6.45) is -4.41. The summed E-state index contributed by atoms with van der Waals surface area (Å²) in [7, 11) is 0. The molecule has 2 heterocycles. The summed E-state index contributed by atoms with van der Waals surface area (Å²) >= 11 is 12.4. The maximum absolute atomic E-state index is 12.9. The summed E-state index contributed by atoms with van der Waals surface area (Å²) in [4.78, 5) is 7.48. The average molecular weight is 355 g/mol. The molecule has 2 aromatic heterocycles. The first kappa shape index (κ1) is 14.6. The fraction of sp³-hybridized carbons (Fsp3) is 0.0625. The highest BCUT2D eigenvalue weighted by Gasteiger charge is 2.31. The molecule has 0 saturated heterocycles. The van der Waals surface area contributed by atoms with E-state index in [2.05, 4.69) is 9.97 Å². The molecule has 0 atom stereocenters. The topological polar surface area (TPSA) is 28.7 Å². The van der Waals surface area contributed by atoms with Crippen LogP contribution in [0.2, 0.25) is 10.0 Å². The lowest BCUT2D eigenvalue weighted by molar-refractivity contribution is -0.137. The van der Waals surface area contributed by atoms with Crippen molar-refractivity contribution in [3.63, 3.8) is 0 Å². The van der Waals surface area contributed by atoms with Crippen molar-refractivity contribution in [3.05, 3.63) is 52.0 Å². The highest BCUT2D eigenvalue weighted by atomic mass is 35.5. The third kappa shape index (κ3) is 2.23. The van der Waals surface area contributed by atoms with Gasteiger partial charge >= 0.3 is 6.18 Å². The van der Waals surface area contributed by atoms with Gasteiger partial charge in [0.15, 0.2) is 0 Å². The van der Waals surface area contributed by atoms with E-state index in [1.807, 2.05) is 0 Å². The smallest absolute Gasteiger partial charge is 0.352 e. The van der Waals surface area contributed by atoms with Crippen LogP contribution in [0.15, 0.2) is 36.4 Å². The van der Waals surface area contributed by atoms with Crippen LogP contribution in [0.3, 0.4) is 0 Å². The molecule has 0 saturated carbocycles. The zero-order chi connectivity index (χ0) is 16.4. The van der Waals surface area contributed by atoms with Crippen LogP contribution in [0.4, 0.5) is 13.2 Å². The number of hydrogen-bond donors (Lipinski definition) is 1. The van der Waals surface area contributed by atoms with Crippen LogP contribution in [-0.4, -0.2) is 9.97 Å². The number of aromatic amines is 1. The molecule has 0 spiro atoms. The zero-order valence-electron chi connectivity index (χ0n) is 11.3. The number of rotatable bonds is 0. The second-order valence-corrected chi connectivity index (χ2v) is 6.01. The van der Waals surface area contributed by atoms with Crippen LogP contribution >= 0.6 is 23.2 Å². The zero-order valence-corrected chi connectivity index (χ0v) is 12.8. The van der Waals surface area contributed by atoms with Gasteiger partial charge in [-0.3, -0.25) is 0 Å². The molecule has 116 valence electrons. The van der Waals surface area contributed by atoms with Gasteiger partial charge in [-0.2, -0.15) is 13.2 Å². The van der Waals surface area contributed by atoms with E-state index in [9.17, 15) is 13.2 Å². The number of alkyl halides is 3. The highest BCUT2D eigenvalue weighted by molar-refractivity contribution is 6.41. The number of nitrogens with one attached hydrogen (secondary N) is 1. The quantitative estimate of drug-likeness (QED) is 0.400. The van der Waals surface area contributed by atoms with Gasteiger partial charge in [-0.1, -0.05) is 23.2 Å². The van der Waals surface area contributed by atoms with E-state index in [0.29, 0.717) is 42.9 Å². The van der Waals surface area contributed by atoms with Gasteiger partial charge in [-0.05, 0) is 36.4 Å². The van der Waals surface area contributed by atoms with E-state index in [0.717, 1.165) is 12.1 Å². The second-order valence-electron chi connectivity index (χ2n) is 5.19. The van der Waals surface area contributed by atoms with Gasteiger partial charge in [0.2, 0.25) is 0 Å². The van der Waals surface area contributed by atoms with Crippen molar-refractivity contribution < 1.29 is 13.2 Å². The lowest BCUT2D eigenvalue weighted by Crippen LogP contribution is -2.03. The Morgan fingerprint density at radius 3 is 2.48 bits per heavy atom. The van der Waals surface area contributed by atoms with Gasteiger partial charge in [-0.25, -0.2) is 4.98 Å². The molecule has 0 radical (unpaired) electrons. The number of benzene rings is 2. The number of H-pyrrole nitrogens is 1. The highest BCUT2D eigenvalue weighted by Crippen LogP contribution is 2.37. The monoisotopic (exact) mass is 354 g/mol. The molecule has 0 aliphatic rings. The van der Waals surface area contributed by atoms with E-state index in [1.54, 1.807) is 18.2 Å². The van der Waals surface area contributed by atoms with Gasteiger partial charge in [0.1, 0.15) is 0 Å². The molecule has 2 aromatic carbocycles. The van der Waals surface area contributed by atoms with Crippen molar-refractivity contribution >= 4 is 56.0 Å². The molecule has 0 fully saturated rings. The van der Waals surface area contributed by atoms with Crippen molar-refractivity contribution in [1.82, 2.24) is 9.97 Å². The first-order valence-electron chi connectivity index (χ1n) is 6.62. The number of halogens is 5. The summed E-state index contributed by atoms with van der Waals surface area (Å²) in [5.74, 6) is 0. The maximum atomic E-state index is 12.9. The third-order valence-corrected chi connectivity index (χ3v) is 4.37. The van der Waals surface area contributed by atoms with E-state index < -0.39 is 11.7 Å². The standard InChI is InChI=1S/C16H7Cl2F3N2/c17-8-2-3-9-12(6-8)23-14-10-5-7(16(19,20)21)1-4-11(10)22-15(14)13(9)18/h1-6,22H. The van der Waals surface area contributed by atoms with Crippen LogP contribution in [0.5, 0.6) is 0 Å². The number of fused-ring (bicyclic) bond motifs is 4. The minimum absolute atomic E-state index is 0.374. The molecule has 4 aromatic rings. The maximum Gasteiger partial charge on any atom is 0.416 e. The Labute approximate surface area is 137 Å². The second kappa shape index (κ2) is 4.76. The molecule has 2 nitrogen and oxygen atoms in total. The normalized spacial score (nSPS) is 12.6. The van der Waals surface area contributed by atoms with Crippen LogP contribution in [0, 0.1) is 0 Å². The Morgan fingerprint density at radius 2 is 1.74 bits per heavy atom. The molecule has 0 amide bonds. The van der Waals surface area contributed by atoms with E-state index in [4.69, 9.17) is 23.2 Å². The third-order valence-electron chi connectivity index (χ3n) is 3.75. The summed E-state index contributed by atoms with van der Waals surface area (Å²) < 4.78 is 38.8. The molecular formula is C16H7Cl2F3N2. The Balaban J connectivity index is 2.15. The first-order valence-corrected chi connectivity index (χ1v) is 7.37. The summed E-state index contributed by atoms with van der Waals surface area (Å²) in [5.41, 5.74) is 1.26. The molecular weight excluding hydrogens is 348 g/mol. The van der Waals surface area contributed by atoms with Crippen LogP contribution in [0.25, 0.3) is 32.8 Å². The van der Waals surface area contributed by atoms with E-state index >= 15 is 0 Å². The van der Waals surface area contributed by atoms with Gasteiger partial charge in [-0.15, -0.1) is 0 Å². The first-order chi connectivity index (χ1) is 10.8. The van der Waals surface area contributed by atoms with Crippen LogP contribution in [0.1, 0.15) is 5.56 Å². The molecule has 0 unspecified atom stereocenters. The van der Waals surface area contributed by atoms with Gasteiger partial charge < -0.3 is 4.98 Å². The SMILES string of the molecule is FC(F)(F)c1ccc2[nH]c3c(Cl)c4ccc(Cl)cc4nc3c2c1. The van der Waals surface area contributed by atoms with Gasteiger partial charge in [0.05, 0.1) is 27.1 Å². The van der Waals surface area contributed by atoms with Crippen molar-refractivity contribution in [3.8, 4) is 0 Å². The van der Waals surface area contributed by atoms with Crippen LogP contribution in [-0.2, 0) is 6.18 Å². The molecule has 23 heavy (non-hydrogen) atoms. The number of pyridine rings is 1. The van der Waals surface area contributed by atoms with E-state index in [-0.39, 0.29) is 0 Å². The van der Waals surface area contributed by atoms with Crippen LogP contribution < -0.4 is 0 Å². The van der Waals surface area contributed by atoms with Crippen molar-refractivity contribution in [2.75, 3.05) is 0 Å². The van der Waals surface area contributed by atoms with Gasteiger partial charge in [0.25, 0.3) is 0 Å². The average Bonchev–Trinajstić information content (AvgIpc) is 2.84. The largest absolute Gasteiger partial charge is 0.416 e.